The molecule has 1 heterocycles. The molecule has 2 nitrogen and oxygen atoms in total. The zero-order chi connectivity index (χ0) is 22.3. The summed E-state index contributed by atoms with van der Waals surface area (Å²) in [6, 6.07) is 3.83. The number of alkyl halides is 4. The van der Waals surface area contributed by atoms with Gasteiger partial charge in [-0.05, 0) is 60.6 Å². The molecule has 0 amide bonds. The van der Waals surface area contributed by atoms with E-state index in [1.807, 2.05) is 12.2 Å². The van der Waals surface area contributed by atoms with Crippen molar-refractivity contribution in [3.8, 4) is 0 Å². The van der Waals surface area contributed by atoms with Gasteiger partial charge in [0.15, 0.2) is 0 Å². The van der Waals surface area contributed by atoms with Crippen molar-refractivity contribution in [2.75, 3.05) is 19.6 Å². The molecule has 166 valence electrons. The lowest BCUT2D eigenvalue weighted by Crippen LogP contribution is -2.38. The molecule has 1 fully saturated rings. The molecule has 0 radical (unpaired) electrons. The molecule has 1 aliphatic heterocycles. The predicted molar refractivity (Wildman–Crippen MR) is 123 cm³/mol. The molecule has 0 spiro atoms. The largest absolute Gasteiger partial charge is 0.506 e. The maximum Gasteiger partial charge on any atom is 0.417 e. The van der Waals surface area contributed by atoms with Crippen LogP contribution in [0.5, 0.6) is 0 Å². The van der Waals surface area contributed by atoms with Gasteiger partial charge in [0.1, 0.15) is 5.76 Å². The number of nitrogens with zero attached hydrogens (tertiary/aromatic N) is 1. The summed E-state index contributed by atoms with van der Waals surface area (Å²) < 4.78 is 40.9. The number of aliphatic hydroxyl groups is 1. The zero-order valence-electron chi connectivity index (χ0n) is 16.5. The summed E-state index contributed by atoms with van der Waals surface area (Å²) in [7, 11) is 0. The molecule has 31 heavy (non-hydrogen) atoms. The molecule has 2 atom stereocenters. The molecular weight excluding hydrogens is 514 g/mol. The van der Waals surface area contributed by atoms with E-state index in [9.17, 15) is 18.3 Å². The number of halogens is 6. The van der Waals surface area contributed by atoms with Crippen molar-refractivity contribution in [2.24, 2.45) is 5.92 Å². The van der Waals surface area contributed by atoms with E-state index in [2.05, 4.69) is 26.9 Å². The summed E-state index contributed by atoms with van der Waals surface area (Å²) in [5.74, 6) is 0.176. The zero-order valence-corrected chi connectivity index (χ0v) is 19.6. The van der Waals surface area contributed by atoms with Gasteiger partial charge < -0.3 is 5.11 Å². The monoisotopic (exact) mass is 533 g/mol. The van der Waals surface area contributed by atoms with Crippen LogP contribution in [0.3, 0.4) is 0 Å². The van der Waals surface area contributed by atoms with Gasteiger partial charge in [-0.15, -0.1) is 11.6 Å². The third-order valence-electron chi connectivity index (χ3n) is 6.01. The Morgan fingerprint density at radius 2 is 2.03 bits per heavy atom. The molecule has 4 rings (SSSR count). The van der Waals surface area contributed by atoms with Gasteiger partial charge in [-0.25, -0.2) is 0 Å². The van der Waals surface area contributed by atoms with Crippen LogP contribution in [-0.2, 0) is 6.18 Å². The fraction of sp³-hybridized carbons (Fsp3) is 0.391. The molecule has 1 aromatic rings. The standard InChI is InChI=1S/C23H21BrCl2F3NO/c24-19-10-14-7-8-30(11-13-1-4-16(25)5-2-13)12-17(14)21(22(19)31)15-3-6-20(26)18(9-15)23(27,28)29/h1-4,6,9,14,16,31H,5,7-8,10-12H2. The molecule has 8 heteroatoms. The minimum Gasteiger partial charge on any atom is -0.506 e. The molecule has 2 unspecified atom stereocenters. The van der Waals surface area contributed by atoms with Gasteiger partial charge in [0.25, 0.3) is 0 Å². The number of fused-ring (bicyclic) bond motifs is 1. The van der Waals surface area contributed by atoms with Gasteiger partial charge in [0, 0.05) is 23.1 Å². The predicted octanol–water partition coefficient (Wildman–Crippen LogP) is 7.50. The van der Waals surface area contributed by atoms with Gasteiger partial charge >= 0.3 is 6.18 Å². The van der Waals surface area contributed by atoms with Gasteiger partial charge in [-0.3, -0.25) is 4.90 Å². The molecule has 1 N–H and O–H groups in total. The van der Waals surface area contributed by atoms with Crippen LogP contribution < -0.4 is 0 Å². The van der Waals surface area contributed by atoms with Crippen molar-refractivity contribution in [3.05, 3.63) is 74.0 Å². The highest BCUT2D eigenvalue weighted by Crippen LogP contribution is 2.46. The minimum absolute atomic E-state index is 0.00491. The molecular formula is C23H21BrCl2F3NO. The lowest BCUT2D eigenvalue weighted by atomic mass is 9.78. The molecule has 1 saturated heterocycles. The van der Waals surface area contributed by atoms with E-state index < -0.39 is 11.7 Å². The van der Waals surface area contributed by atoms with Crippen LogP contribution in [0.2, 0.25) is 5.02 Å². The van der Waals surface area contributed by atoms with Crippen LogP contribution in [0.15, 0.2) is 57.8 Å². The molecule has 3 aliphatic rings. The van der Waals surface area contributed by atoms with Crippen molar-refractivity contribution in [1.29, 1.82) is 0 Å². The number of hydrogen-bond acceptors (Lipinski definition) is 2. The highest BCUT2D eigenvalue weighted by molar-refractivity contribution is 9.11. The second-order valence-corrected chi connectivity index (χ2v) is 10.1. The van der Waals surface area contributed by atoms with Gasteiger partial charge in [-0.1, -0.05) is 51.8 Å². The first-order chi connectivity index (χ1) is 14.6. The molecule has 1 aromatic carbocycles. The number of aliphatic hydroxyl groups excluding tert-OH is 1. The third kappa shape index (κ3) is 4.92. The molecule has 0 aromatic heterocycles. The normalized spacial score (nSPS) is 25.0. The topological polar surface area (TPSA) is 23.5 Å². The Kier molecular flexibility index (Phi) is 6.64. The number of piperidine rings is 1. The molecule has 0 saturated carbocycles. The van der Waals surface area contributed by atoms with E-state index in [4.69, 9.17) is 23.2 Å². The number of benzene rings is 1. The maximum absolute atomic E-state index is 13.4. The van der Waals surface area contributed by atoms with Crippen molar-refractivity contribution in [2.45, 2.75) is 30.8 Å². The Bertz CT molecular complexity index is 1010. The second-order valence-electron chi connectivity index (χ2n) is 8.14. The van der Waals surface area contributed by atoms with E-state index in [-0.39, 0.29) is 22.1 Å². The van der Waals surface area contributed by atoms with Crippen molar-refractivity contribution >= 4 is 44.7 Å². The highest BCUT2D eigenvalue weighted by atomic mass is 79.9. The fourth-order valence-corrected chi connectivity index (χ4v) is 5.42. The number of allylic oxidation sites excluding steroid dienone is 4. The number of rotatable bonds is 3. The van der Waals surface area contributed by atoms with Crippen molar-refractivity contribution in [1.82, 2.24) is 4.90 Å². The Morgan fingerprint density at radius 3 is 2.71 bits per heavy atom. The summed E-state index contributed by atoms with van der Waals surface area (Å²) in [6.45, 7) is 2.21. The number of hydrogen-bond donors (Lipinski definition) is 1. The lowest BCUT2D eigenvalue weighted by Gasteiger charge is -2.38. The Morgan fingerprint density at radius 1 is 1.26 bits per heavy atom. The van der Waals surface area contributed by atoms with Crippen LogP contribution in [0.4, 0.5) is 13.2 Å². The van der Waals surface area contributed by atoms with E-state index in [0.717, 1.165) is 37.6 Å². The summed E-state index contributed by atoms with van der Waals surface area (Å²) in [6.07, 6.45) is 3.88. The van der Waals surface area contributed by atoms with E-state index in [0.29, 0.717) is 28.6 Å². The van der Waals surface area contributed by atoms with Crippen molar-refractivity contribution in [3.63, 3.8) is 0 Å². The van der Waals surface area contributed by atoms with Crippen LogP contribution in [0, 0.1) is 5.92 Å². The number of likely N-dealkylation sites (tertiary alicyclic amines) is 1. The first-order valence-corrected chi connectivity index (χ1v) is 11.7. The first kappa shape index (κ1) is 23.0. The Balaban J connectivity index is 1.70. The third-order valence-corrected chi connectivity index (χ3v) is 7.36. The van der Waals surface area contributed by atoms with E-state index in [1.165, 1.54) is 11.6 Å². The average molecular weight is 535 g/mol. The van der Waals surface area contributed by atoms with Gasteiger partial charge in [0.2, 0.25) is 0 Å². The lowest BCUT2D eigenvalue weighted by molar-refractivity contribution is -0.137. The molecule has 0 bridgehead atoms. The summed E-state index contributed by atoms with van der Waals surface area (Å²) in [4.78, 5) is 2.27. The quantitative estimate of drug-likeness (QED) is 0.406. The Labute approximate surface area is 197 Å². The maximum atomic E-state index is 13.4. The van der Waals surface area contributed by atoms with E-state index >= 15 is 0 Å². The second kappa shape index (κ2) is 8.97. The minimum atomic E-state index is -4.57. The Hall–Kier alpha value is -1.21. The summed E-state index contributed by atoms with van der Waals surface area (Å²) >= 11 is 15.4. The SMILES string of the molecule is OC1=C(Br)CC2CCN(CC3=CCC(Cl)C=C3)CC2=C1c1ccc(Cl)c(C(F)(F)F)c1. The van der Waals surface area contributed by atoms with Crippen LogP contribution in [0.1, 0.15) is 30.4 Å². The fourth-order valence-electron chi connectivity index (χ4n) is 4.44. The van der Waals surface area contributed by atoms with E-state index in [1.54, 1.807) is 6.07 Å². The van der Waals surface area contributed by atoms with Gasteiger partial charge in [0.05, 0.1) is 16.0 Å². The van der Waals surface area contributed by atoms with Crippen LogP contribution in [-0.4, -0.2) is 35.0 Å². The summed E-state index contributed by atoms with van der Waals surface area (Å²) in [5.41, 5.74) is 2.06. The summed E-state index contributed by atoms with van der Waals surface area (Å²) in [5, 5.41) is 10.5. The average Bonchev–Trinajstić information content (AvgIpc) is 2.71. The molecule has 2 aliphatic carbocycles. The smallest absolute Gasteiger partial charge is 0.417 e. The highest BCUT2D eigenvalue weighted by Gasteiger charge is 2.36. The van der Waals surface area contributed by atoms with Crippen molar-refractivity contribution < 1.29 is 18.3 Å². The van der Waals surface area contributed by atoms with Gasteiger partial charge in [-0.2, -0.15) is 13.2 Å². The van der Waals surface area contributed by atoms with Crippen LogP contribution in [0.25, 0.3) is 5.57 Å². The first-order valence-electron chi connectivity index (χ1n) is 10.0. The van der Waals surface area contributed by atoms with Crippen LogP contribution >= 0.6 is 39.1 Å².